The molecule has 0 saturated carbocycles. The molecule has 0 radical (unpaired) electrons. The minimum atomic E-state index is -0.129. The van der Waals surface area contributed by atoms with Gasteiger partial charge in [0.25, 0.3) is 5.91 Å². The number of aromatic nitrogens is 2. The minimum absolute atomic E-state index is 0.00374. The third-order valence-electron chi connectivity index (χ3n) is 5.19. The van der Waals surface area contributed by atoms with E-state index in [2.05, 4.69) is 34.9 Å². The van der Waals surface area contributed by atoms with Crippen molar-refractivity contribution in [3.05, 3.63) is 30.0 Å². The molecular formula is C21H31N5O2. The number of nitrogens with zero attached hydrogens (tertiary/aromatic N) is 2. The molecule has 7 nitrogen and oxygen atoms in total. The van der Waals surface area contributed by atoms with Gasteiger partial charge in [-0.1, -0.05) is 32.0 Å². The van der Waals surface area contributed by atoms with Crippen LogP contribution in [0, 0.1) is 5.92 Å². The summed E-state index contributed by atoms with van der Waals surface area (Å²) in [6.45, 7) is 9.28. The number of para-hydroxylation sites is 1. The summed E-state index contributed by atoms with van der Waals surface area (Å²) < 4.78 is 1.90. The normalized spacial score (nSPS) is 19.5. The fourth-order valence-corrected chi connectivity index (χ4v) is 3.63. The van der Waals surface area contributed by atoms with Crippen LogP contribution >= 0.6 is 0 Å². The van der Waals surface area contributed by atoms with Crippen molar-refractivity contribution in [2.45, 2.75) is 58.7 Å². The van der Waals surface area contributed by atoms with Gasteiger partial charge in [-0.05, 0) is 32.8 Å². The van der Waals surface area contributed by atoms with Crippen molar-refractivity contribution in [2.75, 3.05) is 13.1 Å². The van der Waals surface area contributed by atoms with Gasteiger partial charge in [0.15, 0.2) is 5.69 Å². The largest absolute Gasteiger partial charge is 0.356 e. The maximum Gasteiger partial charge on any atom is 0.272 e. The zero-order valence-corrected chi connectivity index (χ0v) is 17.2. The summed E-state index contributed by atoms with van der Waals surface area (Å²) in [6.07, 6.45) is 1.71. The van der Waals surface area contributed by atoms with E-state index in [4.69, 9.17) is 0 Å². The Bertz CT molecular complexity index is 842. The second kappa shape index (κ2) is 8.73. The lowest BCUT2D eigenvalue weighted by Crippen LogP contribution is -2.36. The summed E-state index contributed by atoms with van der Waals surface area (Å²) in [5.74, 6) is -0.0457. The number of carbonyl (C=O) groups excluding carboxylic acids is 2. The highest BCUT2D eigenvalue weighted by molar-refractivity contribution is 6.05. The Hall–Kier alpha value is -2.41. The molecule has 2 aromatic rings. The van der Waals surface area contributed by atoms with Gasteiger partial charge in [-0.2, -0.15) is 5.10 Å². The lowest BCUT2D eigenvalue weighted by Gasteiger charge is -2.13. The van der Waals surface area contributed by atoms with E-state index in [1.807, 2.05) is 42.8 Å². The van der Waals surface area contributed by atoms with Crippen LogP contribution in [0.15, 0.2) is 24.3 Å². The van der Waals surface area contributed by atoms with E-state index < -0.39 is 0 Å². The van der Waals surface area contributed by atoms with Crippen LogP contribution in [0.1, 0.15) is 57.1 Å². The fraction of sp³-hybridized carbons (Fsp3) is 0.571. The standard InChI is InChI=1S/C21H31N5O2/c1-13(2)20(27)22-10-9-15-11-16(12-23-15)24-21(28)19-17-7-5-6-8-18(17)26(25-19)14(3)4/h5-8,13-16,23H,9-12H2,1-4H3,(H,22,27)(H,24,28)/t15-,16+/m1/s1. The van der Waals surface area contributed by atoms with E-state index in [-0.39, 0.29) is 29.8 Å². The summed E-state index contributed by atoms with van der Waals surface area (Å²) in [7, 11) is 0. The topological polar surface area (TPSA) is 88.1 Å². The maximum absolute atomic E-state index is 12.9. The van der Waals surface area contributed by atoms with E-state index in [0.717, 1.165) is 30.3 Å². The fourth-order valence-electron chi connectivity index (χ4n) is 3.63. The summed E-state index contributed by atoms with van der Waals surface area (Å²) in [6, 6.07) is 8.40. The van der Waals surface area contributed by atoms with E-state index in [1.54, 1.807) is 0 Å². The van der Waals surface area contributed by atoms with Gasteiger partial charge in [-0.25, -0.2) is 0 Å². The molecule has 1 aromatic heterocycles. The van der Waals surface area contributed by atoms with Crippen molar-refractivity contribution < 1.29 is 9.59 Å². The minimum Gasteiger partial charge on any atom is -0.356 e. The summed E-state index contributed by atoms with van der Waals surface area (Å²) in [5.41, 5.74) is 1.46. The predicted octanol–water partition coefficient (Wildman–Crippen LogP) is 2.24. The van der Waals surface area contributed by atoms with Gasteiger partial charge in [0.1, 0.15) is 0 Å². The predicted molar refractivity (Wildman–Crippen MR) is 110 cm³/mol. The number of carbonyl (C=O) groups is 2. The third kappa shape index (κ3) is 4.52. The van der Waals surface area contributed by atoms with Gasteiger partial charge >= 0.3 is 0 Å². The molecule has 7 heteroatoms. The maximum atomic E-state index is 12.9. The van der Waals surface area contributed by atoms with Crippen LogP contribution in [0.25, 0.3) is 10.9 Å². The Morgan fingerprint density at radius 1 is 1.25 bits per heavy atom. The van der Waals surface area contributed by atoms with Crippen molar-refractivity contribution >= 4 is 22.7 Å². The number of hydrogen-bond acceptors (Lipinski definition) is 4. The van der Waals surface area contributed by atoms with Gasteiger partial charge < -0.3 is 16.0 Å². The van der Waals surface area contributed by atoms with Gasteiger partial charge in [0.05, 0.1) is 5.52 Å². The molecule has 1 fully saturated rings. The number of hydrogen-bond donors (Lipinski definition) is 3. The van der Waals surface area contributed by atoms with Crippen LogP contribution < -0.4 is 16.0 Å². The quantitative estimate of drug-likeness (QED) is 0.682. The Labute approximate surface area is 166 Å². The lowest BCUT2D eigenvalue weighted by molar-refractivity contribution is -0.123. The molecule has 1 saturated heterocycles. The molecular weight excluding hydrogens is 354 g/mol. The molecule has 3 N–H and O–H groups in total. The molecule has 2 atom stereocenters. The van der Waals surface area contributed by atoms with Crippen LogP contribution in [0.4, 0.5) is 0 Å². The first-order valence-electron chi connectivity index (χ1n) is 10.2. The Morgan fingerprint density at radius 2 is 2.00 bits per heavy atom. The van der Waals surface area contributed by atoms with Crippen molar-refractivity contribution in [1.82, 2.24) is 25.7 Å². The molecule has 28 heavy (non-hydrogen) atoms. The molecule has 0 spiro atoms. The zero-order chi connectivity index (χ0) is 20.3. The van der Waals surface area contributed by atoms with Crippen LogP contribution in [0.3, 0.4) is 0 Å². The zero-order valence-electron chi connectivity index (χ0n) is 17.2. The molecule has 0 aliphatic carbocycles. The van der Waals surface area contributed by atoms with Crippen LogP contribution in [-0.2, 0) is 4.79 Å². The van der Waals surface area contributed by atoms with Crippen molar-refractivity contribution in [3.8, 4) is 0 Å². The average Bonchev–Trinajstić information content (AvgIpc) is 3.26. The van der Waals surface area contributed by atoms with Crippen molar-refractivity contribution in [2.24, 2.45) is 5.92 Å². The Kier molecular flexibility index (Phi) is 6.34. The molecule has 2 heterocycles. The van der Waals surface area contributed by atoms with Gasteiger partial charge in [-0.3, -0.25) is 14.3 Å². The van der Waals surface area contributed by atoms with Gasteiger partial charge in [0.2, 0.25) is 5.91 Å². The van der Waals surface area contributed by atoms with E-state index in [9.17, 15) is 9.59 Å². The van der Waals surface area contributed by atoms with Crippen molar-refractivity contribution in [1.29, 1.82) is 0 Å². The second-order valence-corrected chi connectivity index (χ2v) is 8.15. The smallest absolute Gasteiger partial charge is 0.272 e. The lowest BCUT2D eigenvalue weighted by atomic mass is 10.1. The molecule has 0 unspecified atom stereocenters. The summed E-state index contributed by atoms with van der Waals surface area (Å²) in [4.78, 5) is 24.5. The molecule has 1 aliphatic rings. The second-order valence-electron chi connectivity index (χ2n) is 8.15. The molecule has 0 bridgehead atoms. The average molecular weight is 386 g/mol. The summed E-state index contributed by atoms with van der Waals surface area (Å²) >= 11 is 0. The van der Waals surface area contributed by atoms with E-state index >= 15 is 0 Å². The highest BCUT2D eigenvalue weighted by Crippen LogP contribution is 2.22. The Balaban J connectivity index is 1.58. The monoisotopic (exact) mass is 385 g/mol. The number of benzene rings is 1. The molecule has 152 valence electrons. The SMILES string of the molecule is CC(C)C(=O)NCC[C@@H]1C[C@H](NC(=O)c2nn(C(C)C)c3ccccc23)CN1. The molecule has 1 aromatic carbocycles. The van der Waals surface area contributed by atoms with Crippen LogP contribution in [-0.4, -0.2) is 46.8 Å². The first-order chi connectivity index (χ1) is 13.4. The number of amides is 2. The first kappa shape index (κ1) is 20.3. The molecule has 2 amide bonds. The number of nitrogens with one attached hydrogen (secondary N) is 3. The molecule has 3 rings (SSSR count). The van der Waals surface area contributed by atoms with E-state index in [0.29, 0.717) is 18.3 Å². The van der Waals surface area contributed by atoms with Gasteiger partial charge in [-0.15, -0.1) is 0 Å². The van der Waals surface area contributed by atoms with Gasteiger partial charge in [0, 0.05) is 42.5 Å². The first-order valence-corrected chi connectivity index (χ1v) is 10.2. The van der Waals surface area contributed by atoms with Crippen LogP contribution in [0.5, 0.6) is 0 Å². The summed E-state index contributed by atoms with van der Waals surface area (Å²) in [5, 5.41) is 15.0. The highest BCUT2D eigenvalue weighted by Gasteiger charge is 2.27. The van der Waals surface area contributed by atoms with Crippen molar-refractivity contribution in [3.63, 3.8) is 0 Å². The van der Waals surface area contributed by atoms with Crippen LogP contribution in [0.2, 0.25) is 0 Å². The van der Waals surface area contributed by atoms with E-state index in [1.165, 1.54) is 0 Å². The Morgan fingerprint density at radius 3 is 2.71 bits per heavy atom. The molecule has 1 aliphatic heterocycles. The highest BCUT2D eigenvalue weighted by atomic mass is 16.2. The number of rotatable bonds is 7. The number of fused-ring (bicyclic) bond motifs is 1. The third-order valence-corrected chi connectivity index (χ3v) is 5.19.